The summed E-state index contributed by atoms with van der Waals surface area (Å²) in [7, 11) is 0. The predicted octanol–water partition coefficient (Wildman–Crippen LogP) is 1.68. The number of rotatable bonds is 6. The van der Waals surface area contributed by atoms with E-state index in [1.54, 1.807) is 18.2 Å². The van der Waals surface area contributed by atoms with E-state index < -0.39 is 0 Å². The molecule has 3 N–H and O–H groups in total. The number of amides is 3. The Bertz CT molecular complexity index is 625. The Labute approximate surface area is 148 Å². The smallest absolute Gasteiger partial charge is 0.251 e. The minimum absolute atomic E-state index is 0.214. The summed E-state index contributed by atoms with van der Waals surface area (Å²) < 4.78 is 0. The number of hydrogen-bond acceptors (Lipinski definition) is 4. The second-order valence-corrected chi connectivity index (χ2v) is 6.42. The molecule has 1 aliphatic heterocycles. The van der Waals surface area contributed by atoms with Crippen LogP contribution in [0.4, 0.5) is 11.4 Å². The van der Waals surface area contributed by atoms with Gasteiger partial charge in [0.05, 0.1) is 0 Å². The molecule has 1 unspecified atom stereocenters. The molecule has 7 nitrogen and oxygen atoms in total. The second kappa shape index (κ2) is 8.62. The SMILES string of the molecule is CCN1CCC(CNC(=O)c2cc(NC(C)=O)cc(NC(C)=O)c2)C1. The highest BCUT2D eigenvalue weighted by Gasteiger charge is 2.21. The molecule has 25 heavy (non-hydrogen) atoms. The van der Waals surface area contributed by atoms with Crippen LogP contribution in [0.3, 0.4) is 0 Å². The van der Waals surface area contributed by atoms with E-state index in [-0.39, 0.29) is 17.7 Å². The molecule has 0 aliphatic carbocycles. The number of carbonyl (C=O) groups is 3. The molecule has 136 valence electrons. The third kappa shape index (κ3) is 5.86. The molecule has 1 heterocycles. The van der Waals surface area contributed by atoms with E-state index in [9.17, 15) is 14.4 Å². The van der Waals surface area contributed by atoms with Crippen molar-refractivity contribution < 1.29 is 14.4 Å². The molecule has 0 saturated carbocycles. The minimum atomic E-state index is -0.239. The zero-order valence-electron chi connectivity index (χ0n) is 15.0. The third-order valence-corrected chi connectivity index (χ3v) is 4.20. The number of anilines is 2. The number of nitrogens with one attached hydrogen (secondary N) is 3. The highest BCUT2D eigenvalue weighted by molar-refractivity contribution is 5.99. The van der Waals surface area contributed by atoms with Crippen LogP contribution in [0.25, 0.3) is 0 Å². The van der Waals surface area contributed by atoms with E-state index in [4.69, 9.17) is 0 Å². The molecule has 1 atom stereocenters. The van der Waals surface area contributed by atoms with Crippen LogP contribution in [0.5, 0.6) is 0 Å². The van der Waals surface area contributed by atoms with E-state index in [0.717, 1.165) is 26.1 Å². The first kappa shape index (κ1) is 18.9. The maximum absolute atomic E-state index is 12.5. The maximum Gasteiger partial charge on any atom is 0.251 e. The number of benzene rings is 1. The standard InChI is InChI=1S/C18H26N4O3/c1-4-22-6-5-14(11-22)10-19-18(25)15-7-16(20-12(2)23)9-17(8-15)21-13(3)24/h7-9,14H,4-6,10-11H2,1-3H3,(H,19,25)(H,20,23)(H,21,24). The van der Waals surface area contributed by atoms with Gasteiger partial charge in [-0.25, -0.2) is 0 Å². The first-order valence-electron chi connectivity index (χ1n) is 8.58. The van der Waals surface area contributed by atoms with Crippen molar-refractivity contribution in [1.82, 2.24) is 10.2 Å². The lowest BCUT2D eigenvalue weighted by Crippen LogP contribution is -2.31. The minimum Gasteiger partial charge on any atom is -0.352 e. The monoisotopic (exact) mass is 346 g/mol. The highest BCUT2D eigenvalue weighted by Crippen LogP contribution is 2.20. The quantitative estimate of drug-likeness (QED) is 0.731. The van der Waals surface area contributed by atoms with Gasteiger partial charge in [0.2, 0.25) is 11.8 Å². The van der Waals surface area contributed by atoms with E-state index >= 15 is 0 Å². The van der Waals surface area contributed by atoms with Gasteiger partial charge in [-0.2, -0.15) is 0 Å². The van der Waals surface area contributed by atoms with Crippen LogP contribution in [-0.2, 0) is 9.59 Å². The van der Waals surface area contributed by atoms with E-state index in [2.05, 4.69) is 27.8 Å². The molecule has 1 saturated heterocycles. The molecule has 7 heteroatoms. The Hall–Kier alpha value is -2.41. The predicted molar refractivity (Wildman–Crippen MR) is 97.6 cm³/mol. The molecule has 0 bridgehead atoms. The summed E-state index contributed by atoms with van der Waals surface area (Å²) in [6.45, 7) is 8.65. The summed E-state index contributed by atoms with van der Waals surface area (Å²) in [5.74, 6) is -0.236. The average Bonchev–Trinajstić information content (AvgIpc) is 2.99. The van der Waals surface area contributed by atoms with Crippen molar-refractivity contribution >= 4 is 29.1 Å². The molecule has 1 fully saturated rings. The van der Waals surface area contributed by atoms with Gasteiger partial charge in [-0.15, -0.1) is 0 Å². The van der Waals surface area contributed by atoms with E-state index in [1.807, 2.05) is 0 Å². The summed E-state index contributed by atoms with van der Waals surface area (Å²) in [5, 5.41) is 8.25. The van der Waals surface area contributed by atoms with Crippen molar-refractivity contribution in [1.29, 1.82) is 0 Å². The van der Waals surface area contributed by atoms with Gasteiger partial charge in [-0.05, 0) is 43.6 Å². The van der Waals surface area contributed by atoms with Gasteiger partial charge in [-0.1, -0.05) is 6.92 Å². The lowest BCUT2D eigenvalue weighted by molar-refractivity contribution is -0.115. The van der Waals surface area contributed by atoms with Crippen molar-refractivity contribution in [3.8, 4) is 0 Å². The summed E-state index contributed by atoms with van der Waals surface area (Å²) >= 11 is 0. The normalized spacial score (nSPS) is 17.2. The Morgan fingerprint density at radius 2 is 1.68 bits per heavy atom. The number of carbonyl (C=O) groups excluding carboxylic acids is 3. The Morgan fingerprint density at radius 3 is 2.16 bits per heavy atom. The van der Waals surface area contributed by atoms with E-state index in [0.29, 0.717) is 29.4 Å². The van der Waals surface area contributed by atoms with Crippen LogP contribution in [0, 0.1) is 5.92 Å². The maximum atomic E-state index is 12.5. The molecular formula is C18H26N4O3. The summed E-state index contributed by atoms with van der Waals surface area (Å²) in [6, 6.07) is 4.83. The van der Waals surface area contributed by atoms with Gasteiger partial charge >= 0.3 is 0 Å². The fourth-order valence-corrected chi connectivity index (χ4v) is 3.02. The van der Waals surface area contributed by atoms with Crippen molar-refractivity contribution in [2.45, 2.75) is 27.2 Å². The topological polar surface area (TPSA) is 90.5 Å². The molecule has 0 aromatic heterocycles. The van der Waals surface area contributed by atoms with Crippen molar-refractivity contribution in [3.63, 3.8) is 0 Å². The van der Waals surface area contributed by atoms with Gasteiger partial charge < -0.3 is 20.9 Å². The van der Waals surface area contributed by atoms with Gasteiger partial charge in [0.15, 0.2) is 0 Å². The Balaban J connectivity index is 2.06. The molecule has 2 rings (SSSR count). The highest BCUT2D eigenvalue weighted by atomic mass is 16.2. The summed E-state index contributed by atoms with van der Waals surface area (Å²) in [5.41, 5.74) is 1.35. The van der Waals surface area contributed by atoms with Crippen LogP contribution >= 0.6 is 0 Å². The number of nitrogens with zero attached hydrogens (tertiary/aromatic N) is 1. The average molecular weight is 346 g/mol. The van der Waals surface area contributed by atoms with Crippen molar-refractivity contribution in [2.24, 2.45) is 5.92 Å². The Kier molecular flexibility index (Phi) is 6.52. The second-order valence-electron chi connectivity index (χ2n) is 6.42. The largest absolute Gasteiger partial charge is 0.352 e. The van der Waals surface area contributed by atoms with Crippen LogP contribution in [0.2, 0.25) is 0 Å². The van der Waals surface area contributed by atoms with Crippen LogP contribution < -0.4 is 16.0 Å². The molecule has 3 amide bonds. The fourth-order valence-electron chi connectivity index (χ4n) is 3.02. The molecule has 0 radical (unpaired) electrons. The summed E-state index contributed by atoms with van der Waals surface area (Å²) in [6.07, 6.45) is 1.08. The molecule has 1 aliphatic rings. The van der Waals surface area contributed by atoms with Crippen molar-refractivity contribution in [2.75, 3.05) is 36.8 Å². The van der Waals surface area contributed by atoms with E-state index in [1.165, 1.54) is 13.8 Å². The van der Waals surface area contributed by atoms with Crippen molar-refractivity contribution in [3.05, 3.63) is 23.8 Å². The summed E-state index contributed by atoms with van der Waals surface area (Å²) in [4.78, 5) is 37.4. The Morgan fingerprint density at radius 1 is 1.08 bits per heavy atom. The number of likely N-dealkylation sites (tertiary alicyclic amines) is 1. The van der Waals surface area contributed by atoms with Gasteiger partial charge in [0, 0.05) is 43.9 Å². The van der Waals surface area contributed by atoms with Crippen LogP contribution in [0.15, 0.2) is 18.2 Å². The first-order valence-corrected chi connectivity index (χ1v) is 8.58. The molecule has 1 aromatic carbocycles. The third-order valence-electron chi connectivity index (χ3n) is 4.20. The molecule has 1 aromatic rings. The number of hydrogen-bond donors (Lipinski definition) is 3. The fraction of sp³-hybridized carbons (Fsp3) is 0.500. The van der Waals surface area contributed by atoms with Gasteiger partial charge in [-0.3, -0.25) is 14.4 Å². The lowest BCUT2D eigenvalue weighted by atomic mass is 10.1. The van der Waals surface area contributed by atoms with Crippen LogP contribution in [-0.4, -0.2) is 48.8 Å². The van der Waals surface area contributed by atoms with Crippen LogP contribution in [0.1, 0.15) is 37.6 Å². The van der Waals surface area contributed by atoms with Gasteiger partial charge in [0.1, 0.15) is 0 Å². The lowest BCUT2D eigenvalue weighted by Gasteiger charge is -2.15. The zero-order valence-corrected chi connectivity index (χ0v) is 15.0. The first-order chi connectivity index (χ1) is 11.9. The van der Waals surface area contributed by atoms with Gasteiger partial charge in [0.25, 0.3) is 5.91 Å². The molecular weight excluding hydrogens is 320 g/mol. The molecule has 0 spiro atoms. The zero-order chi connectivity index (χ0) is 18.4.